The van der Waals surface area contributed by atoms with Crippen LogP contribution in [-0.4, -0.2) is 52.8 Å². The molecule has 2 heterocycles. The molecule has 10 heteroatoms. The van der Waals surface area contributed by atoms with Crippen molar-refractivity contribution in [2.75, 3.05) is 19.0 Å². The molecule has 0 atom stereocenters. The second-order valence-corrected chi connectivity index (χ2v) is 10.9. The van der Waals surface area contributed by atoms with Gasteiger partial charge in [0.1, 0.15) is 23.8 Å². The lowest BCUT2D eigenvalue weighted by molar-refractivity contribution is -0.132. The van der Waals surface area contributed by atoms with E-state index in [0.717, 1.165) is 25.1 Å². The Morgan fingerprint density at radius 1 is 1.26 bits per heavy atom. The van der Waals surface area contributed by atoms with Gasteiger partial charge in [0.05, 0.1) is 12.8 Å². The number of carboxylic acids is 1. The Morgan fingerprint density at radius 3 is 2.63 bits per heavy atom. The highest BCUT2D eigenvalue weighted by Crippen LogP contribution is 2.36. The van der Waals surface area contributed by atoms with Crippen LogP contribution in [0.2, 0.25) is 0 Å². The van der Waals surface area contributed by atoms with Crippen molar-refractivity contribution in [3.63, 3.8) is 0 Å². The summed E-state index contributed by atoms with van der Waals surface area (Å²) in [7, 11) is 1.30. The monoisotopic (exact) mass is 592 g/mol. The van der Waals surface area contributed by atoms with Crippen molar-refractivity contribution < 1.29 is 28.2 Å². The average Bonchev–Trinajstić information content (AvgIpc) is 2.98. The third kappa shape index (κ3) is 7.75. The maximum atomic E-state index is 13.6. The van der Waals surface area contributed by atoms with Gasteiger partial charge in [-0.2, -0.15) is 0 Å². The van der Waals surface area contributed by atoms with Gasteiger partial charge in [0.25, 0.3) is 0 Å². The maximum Gasteiger partial charge on any atom is 0.342 e. The van der Waals surface area contributed by atoms with Gasteiger partial charge in [0.15, 0.2) is 0 Å². The highest BCUT2D eigenvalue weighted by atomic mass is 19.3. The van der Waals surface area contributed by atoms with E-state index in [2.05, 4.69) is 40.5 Å². The van der Waals surface area contributed by atoms with Crippen molar-refractivity contribution in [2.45, 2.75) is 64.1 Å². The number of ether oxygens (including phenoxy) is 2. The van der Waals surface area contributed by atoms with Gasteiger partial charge in [-0.05, 0) is 60.6 Å². The molecule has 2 aliphatic rings. The molecule has 0 radical (unpaired) electrons. The number of alkyl halides is 2. The molecule has 0 bridgehead atoms. The Labute approximate surface area is 250 Å². The summed E-state index contributed by atoms with van der Waals surface area (Å²) in [4.78, 5) is 18.4. The molecular formula is C33H38F2N4O4. The largest absolute Gasteiger partial charge is 0.488 e. The van der Waals surface area contributed by atoms with E-state index in [0.29, 0.717) is 54.1 Å². The number of benzene rings is 1. The zero-order valence-electron chi connectivity index (χ0n) is 24.6. The molecule has 1 saturated carbocycles. The number of hydrogen-bond donors (Lipinski definition) is 3. The van der Waals surface area contributed by atoms with Crippen molar-refractivity contribution in [3.8, 4) is 0 Å². The highest BCUT2D eigenvalue weighted by molar-refractivity contribution is 6.08. The van der Waals surface area contributed by atoms with Crippen LogP contribution in [-0.2, 0) is 33.8 Å². The molecular weight excluding hydrogens is 554 g/mol. The summed E-state index contributed by atoms with van der Waals surface area (Å²) < 4.78 is 38.7. The number of carboxylic acid groups (broad SMARTS) is 1. The molecule has 43 heavy (non-hydrogen) atoms. The van der Waals surface area contributed by atoms with Gasteiger partial charge >= 0.3 is 5.97 Å². The Balaban J connectivity index is 1.49. The number of nitrogens with one attached hydrogen (secondary N) is 2. The first kappa shape index (κ1) is 31.6. The van der Waals surface area contributed by atoms with Crippen LogP contribution in [0.3, 0.4) is 0 Å². The van der Waals surface area contributed by atoms with Crippen LogP contribution in [0.15, 0.2) is 78.4 Å². The van der Waals surface area contributed by atoms with E-state index in [4.69, 9.17) is 14.9 Å². The number of pyridine rings is 1. The fourth-order valence-electron chi connectivity index (χ4n) is 5.54. The number of anilines is 1. The van der Waals surface area contributed by atoms with Crippen LogP contribution in [0, 0.1) is 5.41 Å². The summed E-state index contributed by atoms with van der Waals surface area (Å²) in [5.41, 5.74) is 4.92. The number of carbonyl (C=O) groups is 1. The Bertz CT molecular complexity index is 1460. The molecule has 4 rings (SSSR count). The van der Waals surface area contributed by atoms with E-state index in [1.807, 2.05) is 13.0 Å². The van der Waals surface area contributed by atoms with Crippen LogP contribution >= 0.6 is 0 Å². The van der Waals surface area contributed by atoms with Gasteiger partial charge in [0, 0.05) is 43.8 Å². The Kier molecular flexibility index (Phi) is 10.1. The second-order valence-electron chi connectivity index (χ2n) is 10.9. The van der Waals surface area contributed by atoms with Gasteiger partial charge in [-0.15, -0.1) is 0 Å². The van der Waals surface area contributed by atoms with E-state index in [-0.39, 0.29) is 30.3 Å². The third-order valence-electron chi connectivity index (χ3n) is 7.83. The van der Waals surface area contributed by atoms with E-state index in [1.54, 1.807) is 24.3 Å². The third-order valence-corrected chi connectivity index (χ3v) is 7.83. The first-order chi connectivity index (χ1) is 20.5. The summed E-state index contributed by atoms with van der Waals surface area (Å²) in [6, 6.07) is 11.7. The fraction of sp³-hybridized carbons (Fsp3) is 0.364. The number of aliphatic carboxylic acids is 1. The molecule has 0 amide bonds. The first-order valence-corrected chi connectivity index (χ1v) is 14.2. The van der Waals surface area contributed by atoms with E-state index in [1.165, 1.54) is 18.2 Å². The number of rotatable bonds is 12. The predicted octanol–water partition coefficient (Wildman–Crippen LogP) is 6.71. The molecule has 0 spiro atoms. The molecule has 1 aromatic carbocycles. The SMILES string of the molecule is C=C/C(=C(/OCc1ccc2c(c1)CCN(C1CCC(F)(F)CC1)C2)C(=C)C)c1cccc(N/C(OC)=C(\C=N)C(=O)O)n1. The normalized spacial score (nSPS) is 18.0. The summed E-state index contributed by atoms with van der Waals surface area (Å²) in [6.07, 6.45) is 4.22. The summed E-state index contributed by atoms with van der Waals surface area (Å²) >= 11 is 0. The number of allylic oxidation sites excluding steroid dienone is 3. The number of halogens is 2. The topological polar surface area (TPSA) is 108 Å². The minimum Gasteiger partial charge on any atom is -0.488 e. The van der Waals surface area contributed by atoms with Crippen LogP contribution in [0.4, 0.5) is 14.6 Å². The smallest absolute Gasteiger partial charge is 0.342 e. The van der Waals surface area contributed by atoms with Crippen molar-refractivity contribution in [3.05, 3.63) is 101 Å². The number of hydrogen-bond acceptors (Lipinski definition) is 7. The number of aromatic nitrogens is 1. The highest BCUT2D eigenvalue weighted by Gasteiger charge is 2.37. The molecule has 0 unspecified atom stereocenters. The Morgan fingerprint density at radius 2 is 2.00 bits per heavy atom. The fourth-order valence-corrected chi connectivity index (χ4v) is 5.54. The van der Waals surface area contributed by atoms with Gasteiger partial charge in [0.2, 0.25) is 11.8 Å². The second kappa shape index (κ2) is 13.8. The molecule has 0 saturated heterocycles. The number of fused-ring (bicyclic) bond motifs is 1. The van der Waals surface area contributed by atoms with Crippen molar-refractivity contribution in [1.29, 1.82) is 5.41 Å². The van der Waals surface area contributed by atoms with Gasteiger partial charge in [-0.3, -0.25) is 4.90 Å². The lowest BCUT2D eigenvalue weighted by atomic mass is 9.89. The number of nitrogens with zero attached hydrogens (tertiary/aromatic N) is 2. The van der Waals surface area contributed by atoms with Crippen LogP contribution in [0.25, 0.3) is 5.57 Å². The minimum absolute atomic E-state index is 0.0273. The summed E-state index contributed by atoms with van der Waals surface area (Å²) in [5, 5.41) is 19.6. The van der Waals surface area contributed by atoms with Gasteiger partial charge < -0.3 is 25.3 Å². The van der Waals surface area contributed by atoms with Crippen LogP contribution < -0.4 is 5.32 Å². The molecule has 1 aliphatic carbocycles. The Hall–Kier alpha value is -4.31. The molecule has 1 fully saturated rings. The average molecular weight is 593 g/mol. The van der Waals surface area contributed by atoms with Crippen molar-refractivity contribution in [1.82, 2.24) is 9.88 Å². The standard InChI is InChI=1S/C33H38F2N4O4/c1-5-26(28-7-6-8-29(37-28)38-31(42-4)27(18-36)32(40)41)30(21(2)3)43-20-22-9-10-24-19-39(16-13-23(24)17-22)25-11-14-33(34,35)15-12-25/h5-10,17-18,25,36H,1-2,11-16,19-20H2,3-4H3,(H,37,38)(H,40,41)/b30-26-,31-27-,36-18?. The van der Waals surface area contributed by atoms with Gasteiger partial charge in [-0.1, -0.05) is 43.5 Å². The van der Waals surface area contributed by atoms with Gasteiger partial charge in [-0.25, -0.2) is 18.6 Å². The molecule has 1 aromatic heterocycles. The molecule has 1 aliphatic heterocycles. The van der Waals surface area contributed by atoms with Crippen LogP contribution in [0.5, 0.6) is 0 Å². The zero-order chi connectivity index (χ0) is 31.1. The predicted molar refractivity (Wildman–Crippen MR) is 163 cm³/mol. The zero-order valence-corrected chi connectivity index (χ0v) is 24.6. The minimum atomic E-state index is -2.52. The quantitative estimate of drug-likeness (QED) is 0.109. The molecule has 2 aromatic rings. The lowest BCUT2D eigenvalue weighted by Gasteiger charge is -2.39. The summed E-state index contributed by atoms with van der Waals surface area (Å²) in [6.45, 7) is 11.8. The lowest BCUT2D eigenvalue weighted by Crippen LogP contribution is -2.43. The molecule has 8 nitrogen and oxygen atoms in total. The molecule has 3 N–H and O–H groups in total. The maximum absolute atomic E-state index is 13.6. The summed E-state index contributed by atoms with van der Waals surface area (Å²) in [5.74, 6) is -3.12. The van der Waals surface area contributed by atoms with Crippen LogP contribution in [0.1, 0.15) is 55.0 Å². The van der Waals surface area contributed by atoms with E-state index >= 15 is 0 Å². The van der Waals surface area contributed by atoms with E-state index < -0.39 is 11.9 Å². The van der Waals surface area contributed by atoms with Crippen molar-refractivity contribution >= 4 is 23.6 Å². The first-order valence-electron chi connectivity index (χ1n) is 14.2. The molecule has 228 valence electrons. The van der Waals surface area contributed by atoms with Crippen molar-refractivity contribution in [2.24, 2.45) is 0 Å². The van der Waals surface area contributed by atoms with E-state index in [9.17, 15) is 18.7 Å². The number of methoxy groups -OCH3 is 1.